The highest BCUT2D eigenvalue weighted by atomic mass is 16.5. The van der Waals surface area contributed by atoms with Gasteiger partial charge in [-0.1, -0.05) is 18.2 Å². The van der Waals surface area contributed by atoms with Gasteiger partial charge in [0.1, 0.15) is 11.5 Å². The summed E-state index contributed by atoms with van der Waals surface area (Å²) in [7, 11) is 1.62. The summed E-state index contributed by atoms with van der Waals surface area (Å²) >= 11 is 0. The van der Waals surface area contributed by atoms with Crippen LogP contribution < -0.4 is 20.9 Å². The number of ether oxygens (including phenoxy) is 1. The standard InChI is InChI=1S/C19H23N3O3/c1-25-18-10-14(5-6-17(18)15-11-21-22-12-15)19(24)20-8-7-13-3-2-4-16(23)9-13/h2-6,9-10,15,21-23H,7-8,11-12H2,1H3,(H,20,24). The predicted molar refractivity (Wildman–Crippen MR) is 95.9 cm³/mol. The molecule has 1 saturated heterocycles. The Balaban J connectivity index is 1.61. The van der Waals surface area contributed by atoms with E-state index >= 15 is 0 Å². The number of aromatic hydroxyl groups is 1. The van der Waals surface area contributed by atoms with Gasteiger partial charge in [0.15, 0.2) is 0 Å². The summed E-state index contributed by atoms with van der Waals surface area (Å²) < 4.78 is 5.47. The highest BCUT2D eigenvalue weighted by Crippen LogP contribution is 2.28. The molecule has 6 nitrogen and oxygen atoms in total. The molecule has 1 aliphatic heterocycles. The molecule has 2 aromatic rings. The van der Waals surface area contributed by atoms with E-state index in [1.807, 2.05) is 18.2 Å². The third kappa shape index (κ3) is 4.29. The Kier molecular flexibility index (Phi) is 5.53. The number of amides is 1. The zero-order valence-corrected chi connectivity index (χ0v) is 14.2. The fourth-order valence-electron chi connectivity index (χ4n) is 3.01. The van der Waals surface area contributed by atoms with Crippen molar-refractivity contribution in [2.45, 2.75) is 12.3 Å². The van der Waals surface area contributed by atoms with E-state index in [9.17, 15) is 9.90 Å². The minimum Gasteiger partial charge on any atom is -0.508 e. The number of carbonyl (C=O) groups is 1. The monoisotopic (exact) mass is 341 g/mol. The molecule has 0 bridgehead atoms. The zero-order valence-electron chi connectivity index (χ0n) is 14.2. The molecule has 2 aromatic carbocycles. The largest absolute Gasteiger partial charge is 0.508 e. The van der Waals surface area contributed by atoms with Crippen molar-refractivity contribution in [1.29, 1.82) is 0 Å². The first-order valence-corrected chi connectivity index (χ1v) is 8.37. The molecular weight excluding hydrogens is 318 g/mol. The second kappa shape index (κ2) is 8.00. The summed E-state index contributed by atoms with van der Waals surface area (Å²) in [6, 6.07) is 12.6. The maximum atomic E-state index is 12.4. The predicted octanol–water partition coefficient (Wildman–Crippen LogP) is 1.56. The van der Waals surface area contributed by atoms with Crippen LogP contribution in [0.15, 0.2) is 42.5 Å². The van der Waals surface area contributed by atoms with Crippen molar-refractivity contribution in [1.82, 2.24) is 16.2 Å². The van der Waals surface area contributed by atoms with Gasteiger partial charge in [0, 0.05) is 31.1 Å². The molecule has 0 atom stereocenters. The number of hydrogen-bond donors (Lipinski definition) is 4. The molecule has 132 valence electrons. The summed E-state index contributed by atoms with van der Waals surface area (Å²) in [5.74, 6) is 1.17. The molecule has 25 heavy (non-hydrogen) atoms. The molecule has 0 unspecified atom stereocenters. The first kappa shape index (κ1) is 17.3. The van der Waals surface area contributed by atoms with Crippen LogP contribution >= 0.6 is 0 Å². The van der Waals surface area contributed by atoms with Crippen molar-refractivity contribution in [2.24, 2.45) is 0 Å². The lowest BCUT2D eigenvalue weighted by molar-refractivity contribution is 0.0953. The molecule has 1 aliphatic rings. The van der Waals surface area contributed by atoms with Crippen molar-refractivity contribution in [3.8, 4) is 11.5 Å². The molecule has 6 heteroatoms. The second-order valence-corrected chi connectivity index (χ2v) is 6.09. The van der Waals surface area contributed by atoms with Gasteiger partial charge in [-0.3, -0.25) is 15.6 Å². The van der Waals surface area contributed by atoms with Crippen molar-refractivity contribution in [2.75, 3.05) is 26.7 Å². The molecule has 1 fully saturated rings. The Hall–Kier alpha value is -2.57. The van der Waals surface area contributed by atoms with Gasteiger partial charge in [0.25, 0.3) is 5.91 Å². The van der Waals surface area contributed by atoms with Crippen LogP contribution in [-0.4, -0.2) is 37.8 Å². The maximum absolute atomic E-state index is 12.4. The van der Waals surface area contributed by atoms with Crippen LogP contribution in [-0.2, 0) is 6.42 Å². The molecule has 0 saturated carbocycles. The minimum atomic E-state index is -0.132. The van der Waals surface area contributed by atoms with Crippen molar-refractivity contribution in [3.63, 3.8) is 0 Å². The van der Waals surface area contributed by atoms with E-state index in [0.29, 0.717) is 24.4 Å². The lowest BCUT2D eigenvalue weighted by Gasteiger charge is -2.14. The molecular formula is C19H23N3O3. The summed E-state index contributed by atoms with van der Waals surface area (Å²) in [5, 5.41) is 12.4. The van der Waals surface area contributed by atoms with E-state index in [-0.39, 0.29) is 11.7 Å². The first-order valence-electron chi connectivity index (χ1n) is 8.37. The molecule has 0 radical (unpaired) electrons. The molecule has 1 heterocycles. The molecule has 0 aliphatic carbocycles. The van der Waals surface area contributed by atoms with Crippen LogP contribution in [0.25, 0.3) is 0 Å². The van der Waals surface area contributed by atoms with Gasteiger partial charge >= 0.3 is 0 Å². The van der Waals surface area contributed by atoms with Crippen LogP contribution in [0, 0.1) is 0 Å². The Labute approximate surface area is 147 Å². The maximum Gasteiger partial charge on any atom is 0.251 e. The molecule has 4 N–H and O–H groups in total. The van der Waals surface area contributed by atoms with E-state index in [1.165, 1.54) is 0 Å². The van der Waals surface area contributed by atoms with E-state index < -0.39 is 0 Å². The third-order valence-corrected chi connectivity index (χ3v) is 4.37. The van der Waals surface area contributed by atoms with Crippen molar-refractivity contribution in [3.05, 3.63) is 59.2 Å². The van der Waals surface area contributed by atoms with Crippen molar-refractivity contribution >= 4 is 5.91 Å². The molecule has 1 amide bonds. The molecule has 0 spiro atoms. The van der Waals surface area contributed by atoms with E-state index in [0.717, 1.165) is 30.0 Å². The van der Waals surface area contributed by atoms with Gasteiger partial charge in [0.05, 0.1) is 7.11 Å². The summed E-state index contributed by atoms with van der Waals surface area (Å²) in [6.07, 6.45) is 0.661. The number of rotatable bonds is 6. The number of benzene rings is 2. The van der Waals surface area contributed by atoms with Gasteiger partial charge in [-0.15, -0.1) is 0 Å². The van der Waals surface area contributed by atoms with Gasteiger partial charge in [-0.2, -0.15) is 0 Å². The van der Waals surface area contributed by atoms with Crippen LogP contribution in [0.2, 0.25) is 0 Å². The smallest absolute Gasteiger partial charge is 0.251 e. The van der Waals surface area contributed by atoms with Crippen LogP contribution in [0.4, 0.5) is 0 Å². The second-order valence-electron chi connectivity index (χ2n) is 6.09. The van der Waals surface area contributed by atoms with E-state index in [2.05, 4.69) is 16.2 Å². The Morgan fingerprint density at radius 2 is 2.04 bits per heavy atom. The highest BCUT2D eigenvalue weighted by molar-refractivity contribution is 5.94. The summed E-state index contributed by atoms with van der Waals surface area (Å²) in [4.78, 5) is 12.4. The van der Waals surface area contributed by atoms with Crippen LogP contribution in [0.5, 0.6) is 11.5 Å². The van der Waals surface area contributed by atoms with Gasteiger partial charge in [-0.25, -0.2) is 0 Å². The van der Waals surface area contributed by atoms with Crippen LogP contribution in [0.3, 0.4) is 0 Å². The Bertz CT molecular complexity index is 742. The number of carbonyl (C=O) groups excluding carboxylic acids is 1. The SMILES string of the molecule is COc1cc(C(=O)NCCc2cccc(O)c2)ccc1C1CNNC1. The number of hydrazine groups is 1. The zero-order chi connectivity index (χ0) is 17.6. The van der Waals surface area contributed by atoms with E-state index in [1.54, 1.807) is 31.4 Å². The summed E-state index contributed by atoms with van der Waals surface area (Å²) in [6.45, 7) is 2.18. The normalized spacial score (nSPS) is 14.4. The fraction of sp³-hybridized carbons (Fsp3) is 0.316. The lowest BCUT2D eigenvalue weighted by Crippen LogP contribution is -2.25. The van der Waals surface area contributed by atoms with Crippen LogP contribution in [0.1, 0.15) is 27.4 Å². The number of phenols is 1. The van der Waals surface area contributed by atoms with Gasteiger partial charge in [0.2, 0.25) is 0 Å². The molecule has 3 rings (SSSR count). The topological polar surface area (TPSA) is 82.6 Å². The fourth-order valence-corrected chi connectivity index (χ4v) is 3.01. The Morgan fingerprint density at radius 1 is 1.24 bits per heavy atom. The Morgan fingerprint density at radius 3 is 2.76 bits per heavy atom. The number of methoxy groups -OCH3 is 1. The third-order valence-electron chi connectivity index (χ3n) is 4.37. The van der Waals surface area contributed by atoms with Gasteiger partial charge in [-0.05, 0) is 41.8 Å². The van der Waals surface area contributed by atoms with E-state index in [4.69, 9.17) is 4.74 Å². The quantitative estimate of drug-likeness (QED) is 0.641. The average molecular weight is 341 g/mol. The van der Waals surface area contributed by atoms with Gasteiger partial charge < -0.3 is 15.2 Å². The van der Waals surface area contributed by atoms with Crippen molar-refractivity contribution < 1.29 is 14.6 Å². The lowest BCUT2D eigenvalue weighted by atomic mass is 9.97. The minimum absolute atomic E-state index is 0.132. The average Bonchev–Trinajstić information content (AvgIpc) is 3.15. The summed E-state index contributed by atoms with van der Waals surface area (Å²) in [5.41, 5.74) is 8.86. The highest BCUT2D eigenvalue weighted by Gasteiger charge is 2.21. The molecule has 0 aromatic heterocycles. The number of hydrogen-bond acceptors (Lipinski definition) is 5. The number of phenolic OH excluding ortho intramolecular Hbond substituents is 1. The number of nitrogens with one attached hydrogen (secondary N) is 3. The first-order chi connectivity index (χ1) is 12.2.